The molecular formula is C23H25NO. The molecule has 2 heteroatoms. The molecule has 0 bridgehead atoms. The molecule has 0 aliphatic carbocycles. The largest absolute Gasteiger partial charge is 0.325 e. The van der Waals surface area contributed by atoms with Crippen molar-refractivity contribution in [3.63, 3.8) is 0 Å². The Balaban J connectivity index is 1.76. The zero-order valence-corrected chi connectivity index (χ0v) is 15.1. The minimum Gasteiger partial charge on any atom is -0.325 e. The lowest BCUT2D eigenvalue weighted by Gasteiger charge is -2.15. The molecule has 2 nitrogen and oxygen atoms in total. The molecule has 1 atom stereocenters. The number of benzene rings is 3. The molecule has 1 N–H and O–H groups in total. The van der Waals surface area contributed by atoms with Crippen LogP contribution in [-0.4, -0.2) is 5.91 Å². The number of hydrogen-bond acceptors (Lipinski definition) is 1. The molecule has 3 aromatic carbocycles. The van der Waals surface area contributed by atoms with E-state index in [1.165, 1.54) is 5.56 Å². The zero-order valence-electron chi connectivity index (χ0n) is 15.1. The summed E-state index contributed by atoms with van der Waals surface area (Å²) in [7, 11) is 0. The normalized spacial score (nSPS) is 12.3. The SMILES string of the molecule is CC(C)Cc1ccc(C(C)C(=O)Nc2cccc3ccccc23)cc1. The van der Waals surface area contributed by atoms with Crippen molar-refractivity contribution in [1.82, 2.24) is 0 Å². The second-order valence-corrected chi connectivity index (χ2v) is 7.08. The third-order valence-corrected chi connectivity index (χ3v) is 4.56. The number of amides is 1. The summed E-state index contributed by atoms with van der Waals surface area (Å²) in [6.45, 7) is 6.39. The van der Waals surface area contributed by atoms with Crippen molar-refractivity contribution in [3.8, 4) is 0 Å². The fourth-order valence-corrected chi connectivity index (χ4v) is 3.14. The van der Waals surface area contributed by atoms with Gasteiger partial charge in [0.15, 0.2) is 0 Å². The number of carbonyl (C=O) groups is 1. The molecule has 0 saturated carbocycles. The molecule has 128 valence electrons. The van der Waals surface area contributed by atoms with E-state index in [9.17, 15) is 4.79 Å². The second-order valence-electron chi connectivity index (χ2n) is 7.08. The van der Waals surface area contributed by atoms with Crippen molar-refractivity contribution in [2.75, 3.05) is 5.32 Å². The van der Waals surface area contributed by atoms with Crippen LogP contribution in [0.1, 0.15) is 37.8 Å². The molecule has 25 heavy (non-hydrogen) atoms. The van der Waals surface area contributed by atoms with Gasteiger partial charge in [-0.3, -0.25) is 4.79 Å². The van der Waals surface area contributed by atoms with Gasteiger partial charge in [-0.25, -0.2) is 0 Å². The van der Waals surface area contributed by atoms with E-state index >= 15 is 0 Å². The minimum atomic E-state index is -0.188. The van der Waals surface area contributed by atoms with Gasteiger partial charge in [0.1, 0.15) is 0 Å². The van der Waals surface area contributed by atoms with Gasteiger partial charge < -0.3 is 5.32 Å². The number of rotatable bonds is 5. The fraction of sp³-hybridized carbons (Fsp3) is 0.261. The Morgan fingerprint density at radius 3 is 2.28 bits per heavy atom. The molecule has 0 radical (unpaired) electrons. The average Bonchev–Trinajstić information content (AvgIpc) is 2.61. The van der Waals surface area contributed by atoms with Gasteiger partial charge in [-0.15, -0.1) is 0 Å². The van der Waals surface area contributed by atoms with E-state index in [0.717, 1.165) is 28.4 Å². The van der Waals surface area contributed by atoms with Gasteiger partial charge in [0.2, 0.25) is 5.91 Å². The molecule has 0 heterocycles. The monoisotopic (exact) mass is 331 g/mol. The highest BCUT2D eigenvalue weighted by molar-refractivity contribution is 6.04. The van der Waals surface area contributed by atoms with Crippen LogP contribution >= 0.6 is 0 Å². The maximum Gasteiger partial charge on any atom is 0.231 e. The Morgan fingerprint density at radius 1 is 0.880 bits per heavy atom. The molecular weight excluding hydrogens is 306 g/mol. The number of nitrogens with one attached hydrogen (secondary N) is 1. The Labute approximate surface area is 149 Å². The standard InChI is InChI=1S/C23H25NO/c1-16(2)15-18-11-13-19(14-12-18)17(3)23(25)24-22-10-6-8-20-7-4-5-9-21(20)22/h4-14,16-17H,15H2,1-3H3,(H,24,25). The summed E-state index contributed by atoms with van der Waals surface area (Å²) in [6.07, 6.45) is 1.07. The van der Waals surface area contributed by atoms with Gasteiger partial charge in [-0.1, -0.05) is 74.5 Å². The van der Waals surface area contributed by atoms with Crippen molar-refractivity contribution in [1.29, 1.82) is 0 Å². The predicted molar refractivity (Wildman–Crippen MR) is 106 cm³/mol. The van der Waals surface area contributed by atoms with Gasteiger partial charge >= 0.3 is 0 Å². The van der Waals surface area contributed by atoms with E-state index in [0.29, 0.717) is 5.92 Å². The highest BCUT2D eigenvalue weighted by Crippen LogP contribution is 2.25. The summed E-state index contributed by atoms with van der Waals surface area (Å²) in [4.78, 5) is 12.7. The highest BCUT2D eigenvalue weighted by atomic mass is 16.1. The lowest BCUT2D eigenvalue weighted by Crippen LogP contribution is -2.19. The fourth-order valence-electron chi connectivity index (χ4n) is 3.14. The van der Waals surface area contributed by atoms with Gasteiger partial charge in [0.05, 0.1) is 5.92 Å². The molecule has 0 fully saturated rings. The summed E-state index contributed by atoms with van der Waals surface area (Å²) in [5.74, 6) is 0.470. The minimum absolute atomic E-state index is 0.0213. The van der Waals surface area contributed by atoms with Crippen LogP contribution in [0.25, 0.3) is 10.8 Å². The first-order valence-electron chi connectivity index (χ1n) is 8.92. The van der Waals surface area contributed by atoms with Crippen molar-refractivity contribution in [2.24, 2.45) is 5.92 Å². The number of fused-ring (bicyclic) bond motifs is 1. The van der Waals surface area contributed by atoms with Crippen molar-refractivity contribution < 1.29 is 4.79 Å². The van der Waals surface area contributed by atoms with Crippen molar-refractivity contribution in [3.05, 3.63) is 77.9 Å². The Bertz CT molecular complexity index is 859. The lowest BCUT2D eigenvalue weighted by molar-refractivity contribution is -0.117. The highest BCUT2D eigenvalue weighted by Gasteiger charge is 2.16. The van der Waals surface area contributed by atoms with Crippen LogP contribution in [0.4, 0.5) is 5.69 Å². The molecule has 1 amide bonds. The number of anilines is 1. The van der Waals surface area contributed by atoms with E-state index in [4.69, 9.17) is 0 Å². The molecule has 0 saturated heterocycles. The Morgan fingerprint density at radius 2 is 1.56 bits per heavy atom. The van der Waals surface area contributed by atoms with Crippen LogP contribution in [0.5, 0.6) is 0 Å². The van der Waals surface area contributed by atoms with Crippen LogP contribution in [0.2, 0.25) is 0 Å². The first-order valence-corrected chi connectivity index (χ1v) is 8.92. The molecule has 3 rings (SSSR count). The smallest absolute Gasteiger partial charge is 0.231 e. The summed E-state index contributed by atoms with van der Waals surface area (Å²) in [5.41, 5.74) is 3.23. The molecule has 1 unspecified atom stereocenters. The maximum atomic E-state index is 12.7. The van der Waals surface area contributed by atoms with Gasteiger partial charge in [0.25, 0.3) is 0 Å². The summed E-state index contributed by atoms with van der Waals surface area (Å²) < 4.78 is 0. The van der Waals surface area contributed by atoms with Gasteiger partial charge in [-0.2, -0.15) is 0 Å². The van der Waals surface area contributed by atoms with Crippen LogP contribution < -0.4 is 5.32 Å². The quantitative estimate of drug-likeness (QED) is 0.631. The average molecular weight is 331 g/mol. The third kappa shape index (κ3) is 4.08. The topological polar surface area (TPSA) is 29.1 Å². The first-order chi connectivity index (χ1) is 12.0. The molecule has 3 aromatic rings. The first kappa shape index (κ1) is 17.2. The number of hydrogen-bond donors (Lipinski definition) is 1. The van der Waals surface area contributed by atoms with Gasteiger partial charge in [0, 0.05) is 11.1 Å². The Kier molecular flexibility index (Phi) is 5.18. The summed E-state index contributed by atoms with van der Waals surface area (Å²) in [6, 6.07) is 22.5. The van der Waals surface area contributed by atoms with E-state index in [2.05, 4.69) is 55.6 Å². The molecule has 0 aliphatic rings. The maximum absolute atomic E-state index is 12.7. The van der Waals surface area contributed by atoms with E-state index < -0.39 is 0 Å². The molecule has 0 spiro atoms. The van der Waals surface area contributed by atoms with E-state index in [1.807, 2.05) is 37.3 Å². The van der Waals surface area contributed by atoms with E-state index in [-0.39, 0.29) is 11.8 Å². The van der Waals surface area contributed by atoms with Crippen LogP contribution in [-0.2, 0) is 11.2 Å². The zero-order chi connectivity index (χ0) is 17.8. The third-order valence-electron chi connectivity index (χ3n) is 4.56. The van der Waals surface area contributed by atoms with Gasteiger partial charge in [-0.05, 0) is 41.8 Å². The second kappa shape index (κ2) is 7.52. The lowest BCUT2D eigenvalue weighted by atomic mass is 9.96. The van der Waals surface area contributed by atoms with Crippen LogP contribution in [0.15, 0.2) is 66.7 Å². The molecule has 0 aliphatic heterocycles. The van der Waals surface area contributed by atoms with Crippen LogP contribution in [0, 0.1) is 5.92 Å². The number of carbonyl (C=O) groups excluding carboxylic acids is 1. The van der Waals surface area contributed by atoms with E-state index in [1.54, 1.807) is 0 Å². The van der Waals surface area contributed by atoms with Crippen molar-refractivity contribution >= 4 is 22.4 Å². The van der Waals surface area contributed by atoms with Crippen LogP contribution in [0.3, 0.4) is 0 Å². The molecule has 0 aromatic heterocycles. The van der Waals surface area contributed by atoms with Crippen molar-refractivity contribution in [2.45, 2.75) is 33.1 Å². The summed E-state index contributed by atoms with van der Waals surface area (Å²) in [5, 5.41) is 5.29. The summed E-state index contributed by atoms with van der Waals surface area (Å²) >= 11 is 0. The Hall–Kier alpha value is -2.61. The predicted octanol–water partition coefficient (Wildman–Crippen LogP) is 5.78.